The number of likely N-dealkylation sites (tertiary alicyclic amines) is 1. The fraction of sp³-hybridized carbons (Fsp3) is 0.591. The van der Waals surface area contributed by atoms with E-state index >= 15 is 0 Å². The first-order valence-corrected chi connectivity index (χ1v) is 20.1. The summed E-state index contributed by atoms with van der Waals surface area (Å²) >= 11 is 0. The summed E-state index contributed by atoms with van der Waals surface area (Å²) in [5.74, 6) is -0.366. The van der Waals surface area contributed by atoms with Crippen LogP contribution in [0.3, 0.4) is 0 Å². The molecular formula is C44H65N5O6. The van der Waals surface area contributed by atoms with Crippen LogP contribution in [-0.2, 0) is 32.1 Å². The number of carbonyl (C=O) groups is 4. The van der Waals surface area contributed by atoms with E-state index in [2.05, 4.69) is 42.8 Å². The molecule has 4 amide bonds. The van der Waals surface area contributed by atoms with Gasteiger partial charge in [-0.2, -0.15) is 5.06 Å². The lowest BCUT2D eigenvalue weighted by Crippen LogP contribution is -2.64. The molecular weight excluding hydrogens is 695 g/mol. The number of piperidine rings is 1. The van der Waals surface area contributed by atoms with Gasteiger partial charge in [0.25, 0.3) is 0 Å². The molecule has 0 spiro atoms. The fourth-order valence-electron chi connectivity index (χ4n) is 8.25. The van der Waals surface area contributed by atoms with Gasteiger partial charge in [-0.15, -0.1) is 0 Å². The molecule has 0 unspecified atom stereocenters. The zero-order valence-corrected chi connectivity index (χ0v) is 34.1. The molecule has 0 aliphatic carbocycles. The Morgan fingerprint density at radius 2 is 1.53 bits per heavy atom. The first-order valence-electron chi connectivity index (χ1n) is 20.1. The van der Waals surface area contributed by atoms with Crippen LogP contribution < -0.4 is 16.0 Å². The molecule has 55 heavy (non-hydrogen) atoms. The van der Waals surface area contributed by atoms with Crippen molar-refractivity contribution in [2.75, 3.05) is 13.1 Å². The van der Waals surface area contributed by atoms with Crippen molar-refractivity contribution in [2.45, 2.75) is 136 Å². The molecule has 0 saturated carbocycles. The predicted octanol–water partition coefficient (Wildman–Crippen LogP) is 6.79. The number of carbonyl (C=O) groups excluding carboxylic acids is 4. The van der Waals surface area contributed by atoms with Crippen molar-refractivity contribution in [3.8, 4) is 0 Å². The summed E-state index contributed by atoms with van der Waals surface area (Å²) in [6, 6.07) is 17.5. The molecule has 2 heterocycles. The zero-order chi connectivity index (χ0) is 40.2. The van der Waals surface area contributed by atoms with Crippen molar-refractivity contribution in [3.63, 3.8) is 0 Å². The average molecular weight is 760 g/mol. The highest BCUT2D eigenvalue weighted by atomic mass is 16.5. The Morgan fingerprint density at radius 1 is 0.909 bits per heavy atom. The summed E-state index contributed by atoms with van der Waals surface area (Å²) in [4.78, 5) is 56.5. The van der Waals surface area contributed by atoms with Crippen LogP contribution in [0.5, 0.6) is 0 Å². The van der Waals surface area contributed by atoms with Gasteiger partial charge in [0.15, 0.2) is 0 Å². The Bertz CT molecular complexity index is 1560. The number of hydrogen-bond acceptors (Lipinski definition) is 7. The predicted molar refractivity (Wildman–Crippen MR) is 215 cm³/mol. The maximum atomic E-state index is 14.3. The number of benzene rings is 2. The van der Waals surface area contributed by atoms with Crippen molar-refractivity contribution in [1.29, 1.82) is 0 Å². The van der Waals surface area contributed by atoms with E-state index in [-0.39, 0.29) is 43.3 Å². The smallest absolute Gasteiger partial charge is 0.407 e. The lowest BCUT2D eigenvalue weighted by molar-refractivity contribution is -0.246. The third-order valence-electron chi connectivity index (χ3n) is 10.7. The standard InChI is InChI=1S/C44H65N5O6/c1-31(2)26-32(3)22-23-35(27-33-16-10-8-11-17-33)41(52)48-25-15-21-38(48)40(51)47-37(20-14-24-45-42(53)55-30-34-18-12-9-13-19-34)39(50)46-36-28-43(4,5)49(54)44(6,7)29-36/h8-13,16-19,22-23,31-32,35-38,54H,14-15,20-21,24-30H2,1-7H3,(H,45,53)(H,46,50)(H,47,51)/b23-22+/t32-,35-,37+,38+/m1/s1. The SMILES string of the molecule is CC(C)C[C@H](C)/C=C/[C@H](Cc1ccccc1)C(=O)N1CCC[C@H]1C(=O)N[C@@H](CCCNC(=O)OCc1ccccc1)C(=O)NC1CC(C)(C)N(O)C(C)(C)C1. The lowest BCUT2D eigenvalue weighted by atomic mass is 9.79. The summed E-state index contributed by atoms with van der Waals surface area (Å²) in [7, 11) is 0. The molecule has 2 aromatic rings. The van der Waals surface area contributed by atoms with Crippen LogP contribution in [-0.4, -0.2) is 81.3 Å². The van der Waals surface area contributed by atoms with Gasteiger partial charge in [0, 0.05) is 30.2 Å². The third-order valence-corrected chi connectivity index (χ3v) is 10.7. The van der Waals surface area contributed by atoms with E-state index in [4.69, 9.17) is 4.74 Å². The minimum absolute atomic E-state index is 0.0889. The van der Waals surface area contributed by atoms with Crippen LogP contribution in [0.1, 0.15) is 105 Å². The first kappa shape index (κ1) is 43.5. The number of allylic oxidation sites excluding steroid dienone is 1. The van der Waals surface area contributed by atoms with Crippen LogP contribution in [0.2, 0.25) is 0 Å². The Balaban J connectivity index is 1.46. The highest BCUT2D eigenvalue weighted by molar-refractivity contribution is 5.93. The Labute approximate surface area is 328 Å². The quantitative estimate of drug-likeness (QED) is 0.103. The summed E-state index contributed by atoms with van der Waals surface area (Å²) in [5, 5.41) is 21.1. The van der Waals surface area contributed by atoms with Crippen LogP contribution in [0.4, 0.5) is 4.79 Å². The second-order valence-electron chi connectivity index (χ2n) is 17.2. The second-order valence-corrected chi connectivity index (χ2v) is 17.2. The van der Waals surface area contributed by atoms with E-state index in [9.17, 15) is 24.4 Å². The van der Waals surface area contributed by atoms with Gasteiger partial charge in [0.05, 0.1) is 5.92 Å². The molecule has 2 aliphatic heterocycles. The molecule has 4 atom stereocenters. The van der Waals surface area contributed by atoms with E-state index in [0.29, 0.717) is 56.9 Å². The van der Waals surface area contributed by atoms with Crippen molar-refractivity contribution in [3.05, 3.63) is 83.9 Å². The van der Waals surface area contributed by atoms with E-state index in [1.807, 2.05) is 94.4 Å². The number of amides is 4. The molecule has 2 saturated heterocycles. The number of rotatable bonds is 17. The van der Waals surface area contributed by atoms with Crippen molar-refractivity contribution in [1.82, 2.24) is 25.9 Å². The molecule has 11 heteroatoms. The summed E-state index contributed by atoms with van der Waals surface area (Å²) in [5.41, 5.74) is 0.766. The molecule has 11 nitrogen and oxygen atoms in total. The van der Waals surface area contributed by atoms with Gasteiger partial charge in [-0.1, -0.05) is 93.6 Å². The Hall–Kier alpha value is -4.22. The van der Waals surface area contributed by atoms with Crippen LogP contribution >= 0.6 is 0 Å². The lowest BCUT2D eigenvalue weighted by Gasteiger charge is -2.51. The molecule has 4 N–H and O–H groups in total. The largest absolute Gasteiger partial charge is 0.445 e. The molecule has 0 bridgehead atoms. The van der Waals surface area contributed by atoms with Crippen molar-refractivity contribution < 1.29 is 29.1 Å². The van der Waals surface area contributed by atoms with Gasteiger partial charge < -0.3 is 30.8 Å². The second kappa shape index (κ2) is 20.1. The minimum atomic E-state index is -0.900. The molecule has 2 aliphatic rings. The number of hydroxylamine groups is 2. The average Bonchev–Trinajstić information content (AvgIpc) is 3.63. The van der Waals surface area contributed by atoms with Gasteiger partial charge in [-0.25, -0.2) is 4.79 Å². The zero-order valence-electron chi connectivity index (χ0n) is 34.1. The number of ether oxygens (including phenoxy) is 1. The Kier molecular flexibility index (Phi) is 15.9. The summed E-state index contributed by atoms with van der Waals surface area (Å²) in [6.45, 7) is 15.1. The van der Waals surface area contributed by atoms with Gasteiger partial charge in [0.1, 0.15) is 18.7 Å². The topological polar surface area (TPSA) is 140 Å². The van der Waals surface area contributed by atoms with E-state index in [0.717, 1.165) is 17.5 Å². The fourth-order valence-corrected chi connectivity index (χ4v) is 8.25. The van der Waals surface area contributed by atoms with Crippen LogP contribution in [0.25, 0.3) is 0 Å². The monoisotopic (exact) mass is 759 g/mol. The van der Waals surface area contributed by atoms with Crippen LogP contribution in [0, 0.1) is 17.8 Å². The van der Waals surface area contributed by atoms with E-state index < -0.39 is 35.2 Å². The van der Waals surface area contributed by atoms with Gasteiger partial charge in [-0.05, 0) is 102 Å². The molecule has 2 aromatic carbocycles. The van der Waals surface area contributed by atoms with Crippen molar-refractivity contribution >= 4 is 23.8 Å². The minimum Gasteiger partial charge on any atom is -0.445 e. The first-order chi connectivity index (χ1) is 26.1. The number of nitrogens with zero attached hydrogens (tertiary/aromatic N) is 2. The maximum Gasteiger partial charge on any atom is 0.407 e. The highest BCUT2D eigenvalue weighted by Crippen LogP contribution is 2.36. The summed E-state index contributed by atoms with van der Waals surface area (Å²) < 4.78 is 5.34. The molecule has 2 fully saturated rings. The van der Waals surface area contributed by atoms with Crippen molar-refractivity contribution in [2.24, 2.45) is 17.8 Å². The normalized spacial score (nSPS) is 20.2. The molecule has 0 radical (unpaired) electrons. The Morgan fingerprint density at radius 3 is 2.15 bits per heavy atom. The summed E-state index contributed by atoms with van der Waals surface area (Å²) in [6.07, 6.45) is 8.01. The highest BCUT2D eigenvalue weighted by Gasteiger charge is 2.46. The van der Waals surface area contributed by atoms with Gasteiger partial charge in [-0.3, -0.25) is 14.4 Å². The molecule has 302 valence electrons. The van der Waals surface area contributed by atoms with E-state index in [1.54, 1.807) is 4.90 Å². The number of nitrogens with one attached hydrogen (secondary N) is 3. The third kappa shape index (κ3) is 13.2. The van der Waals surface area contributed by atoms with Gasteiger partial charge >= 0.3 is 6.09 Å². The van der Waals surface area contributed by atoms with E-state index in [1.165, 1.54) is 5.06 Å². The number of alkyl carbamates (subject to hydrolysis) is 1. The number of hydrogen-bond donors (Lipinski definition) is 4. The van der Waals surface area contributed by atoms with Gasteiger partial charge in [0.2, 0.25) is 17.7 Å². The molecule has 4 rings (SSSR count). The molecule has 0 aromatic heterocycles. The van der Waals surface area contributed by atoms with Crippen LogP contribution in [0.15, 0.2) is 72.8 Å². The maximum absolute atomic E-state index is 14.3.